The molecular formula is C17H20FN3O2. The summed E-state index contributed by atoms with van der Waals surface area (Å²) in [5.41, 5.74) is 0.555. The number of furan rings is 1. The lowest BCUT2D eigenvalue weighted by atomic mass is 10.2. The Morgan fingerprint density at radius 2 is 1.96 bits per heavy atom. The molecule has 1 aromatic heterocycles. The fraction of sp³-hybridized carbons (Fsp3) is 0.353. The molecule has 3 rings (SSSR count). The maximum absolute atomic E-state index is 12.9. The van der Waals surface area contributed by atoms with Crippen molar-refractivity contribution in [2.24, 2.45) is 0 Å². The van der Waals surface area contributed by atoms with Crippen LogP contribution in [0, 0.1) is 5.82 Å². The van der Waals surface area contributed by atoms with E-state index < -0.39 is 0 Å². The molecule has 0 spiro atoms. The fourth-order valence-electron chi connectivity index (χ4n) is 2.84. The molecule has 0 saturated carbocycles. The summed E-state index contributed by atoms with van der Waals surface area (Å²) in [7, 11) is 0. The van der Waals surface area contributed by atoms with Gasteiger partial charge in [0.05, 0.1) is 12.3 Å². The summed E-state index contributed by atoms with van der Waals surface area (Å²) in [6.07, 6.45) is 3.98. The van der Waals surface area contributed by atoms with Crippen molar-refractivity contribution in [2.75, 3.05) is 25.0 Å². The lowest BCUT2D eigenvalue weighted by Crippen LogP contribution is -2.38. The van der Waals surface area contributed by atoms with Gasteiger partial charge < -0.3 is 15.1 Å². The molecule has 2 aromatic rings. The molecule has 0 bridgehead atoms. The summed E-state index contributed by atoms with van der Waals surface area (Å²) < 4.78 is 18.4. The molecule has 0 aliphatic carbocycles. The van der Waals surface area contributed by atoms with Crippen molar-refractivity contribution in [1.82, 2.24) is 10.2 Å². The van der Waals surface area contributed by atoms with Gasteiger partial charge in [-0.3, -0.25) is 4.90 Å². The zero-order valence-corrected chi connectivity index (χ0v) is 12.8. The molecule has 1 saturated heterocycles. The van der Waals surface area contributed by atoms with E-state index in [2.05, 4.69) is 15.5 Å². The van der Waals surface area contributed by atoms with Crippen molar-refractivity contribution >= 4 is 11.7 Å². The monoisotopic (exact) mass is 317 g/mol. The molecule has 1 aliphatic heterocycles. The minimum atomic E-state index is -0.331. The smallest absolute Gasteiger partial charge is 0.319 e. The van der Waals surface area contributed by atoms with Gasteiger partial charge >= 0.3 is 6.03 Å². The Morgan fingerprint density at radius 3 is 2.61 bits per heavy atom. The Bertz CT molecular complexity index is 622. The molecule has 6 heteroatoms. The van der Waals surface area contributed by atoms with Crippen LogP contribution in [-0.4, -0.2) is 30.6 Å². The van der Waals surface area contributed by atoms with E-state index in [-0.39, 0.29) is 17.9 Å². The van der Waals surface area contributed by atoms with E-state index in [0.29, 0.717) is 12.2 Å². The van der Waals surface area contributed by atoms with E-state index in [1.807, 2.05) is 12.1 Å². The Labute approximate surface area is 134 Å². The summed E-state index contributed by atoms with van der Waals surface area (Å²) in [6, 6.07) is 9.19. The summed E-state index contributed by atoms with van der Waals surface area (Å²) in [6.45, 7) is 2.47. The minimum Gasteiger partial charge on any atom is -0.468 e. The number of halogens is 1. The first-order valence-electron chi connectivity index (χ1n) is 7.80. The second-order valence-electron chi connectivity index (χ2n) is 5.62. The highest BCUT2D eigenvalue weighted by Gasteiger charge is 2.25. The number of hydrogen-bond donors (Lipinski definition) is 2. The lowest BCUT2D eigenvalue weighted by molar-refractivity contribution is 0.207. The first-order chi connectivity index (χ1) is 11.2. The van der Waals surface area contributed by atoms with Crippen molar-refractivity contribution < 1.29 is 13.6 Å². The highest BCUT2D eigenvalue weighted by molar-refractivity contribution is 5.89. The number of benzene rings is 1. The summed E-state index contributed by atoms with van der Waals surface area (Å²) in [5, 5.41) is 5.56. The Kier molecular flexibility index (Phi) is 4.92. The van der Waals surface area contributed by atoms with Gasteiger partial charge in [0, 0.05) is 12.2 Å². The number of hydrogen-bond acceptors (Lipinski definition) is 3. The first kappa shape index (κ1) is 15.6. The molecule has 1 aliphatic rings. The van der Waals surface area contributed by atoms with E-state index in [1.54, 1.807) is 6.26 Å². The lowest BCUT2D eigenvalue weighted by Gasteiger charge is -2.26. The standard InChI is InChI=1S/C17H20FN3O2/c18-13-5-7-14(8-6-13)20-17(22)19-12-15(16-4-3-11-23-16)21-9-1-2-10-21/h3-8,11,15H,1-2,9-10,12H2,(H2,19,20,22)/t15-/m1/s1. The summed E-state index contributed by atoms with van der Waals surface area (Å²) in [4.78, 5) is 14.3. The van der Waals surface area contributed by atoms with Gasteiger partial charge in [0.25, 0.3) is 0 Å². The van der Waals surface area contributed by atoms with Crippen molar-refractivity contribution in [1.29, 1.82) is 0 Å². The second-order valence-corrected chi connectivity index (χ2v) is 5.62. The van der Waals surface area contributed by atoms with Gasteiger partial charge in [0.2, 0.25) is 0 Å². The van der Waals surface area contributed by atoms with Gasteiger partial charge in [-0.25, -0.2) is 9.18 Å². The van der Waals surface area contributed by atoms with Crippen LogP contribution in [0.25, 0.3) is 0 Å². The molecule has 0 unspecified atom stereocenters. The van der Waals surface area contributed by atoms with Crippen LogP contribution in [0.1, 0.15) is 24.6 Å². The average molecular weight is 317 g/mol. The van der Waals surface area contributed by atoms with Crippen LogP contribution in [0.3, 0.4) is 0 Å². The molecule has 122 valence electrons. The predicted molar refractivity (Wildman–Crippen MR) is 85.7 cm³/mol. The molecule has 1 atom stereocenters. The SMILES string of the molecule is O=C(NC[C@H](c1ccco1)N1CCCC1)Nc1ccc(F)cc1. The van der Waals surface area contributed by atoms with Gasteiger partial charge in [0.15, 0.2) is 0 Å². The third kappa shape index (κ3) is 4.10. The van der Waals surface area contributed by atoms with Gasteiger partial charge in [-0.15, -0.1) is 0 Å². The van der Waals surface area contributed by atoms with Crippen LogP contribution in [0.15, 0.2) is 47.1 Å². The molecule has 0 radical (unpaired) electrons. The van der Waals surface area contributed by atoms with Gasteiger partial charge in [-0.2, -0.15) is 0 Å². The van der Waals surface area contributed by atoms with Crippen molar-refractivity contribution in [3.05, 3.63) is 54.2 Å². The minimum absolute atomic E-state index is 0.0338. The van der Waals surface area contributed by atoms with Crippen molar-refractivity contribution in [2.45, 2.75) is 18.9 Å². The van der Waals surface area contributed by atoms with E-state index in [4.69, 9.17) is 4.42 Å². The summed E-state index contributed by atoms with van der Waals surface area (Å²) >= 11 is 0. The maximum Gasteiger partial charge on any atom is 0.319 e. The van der Waals surface area contributed by atoms with Gasteiger partial charge in [0.1, 0.15) is 11.6 Å². The van der Waals surface area contributed by atoms with Crippen molar-refractivity contribution in [3.8, 4) is 0 Å². The van der Waals surface area contributed by atoms with Crippen LogP contribution in [0.2, 0.25) is 0 Å². The first-order valence-corrected chi connectivity index (χ1v) is 7.80. The molecule has 1 fully saturated rings. The number of urea groups is 1. The van der Waals surface area contributed by atoms with Crippen LogP contribution in [-0.2, 0) is 0 Å². The molecule has 23 heavy (non-hydrogen) atoms. The van der Waals surface area contributed by atoms with Crippen LogP contribution in [0.5, 0.6) is 0 Å². The van der Waals surface area contributed by atoms with Crippen LogP contribution in [0.4, 0.5) is 14.9 Å². The number of likely N-dealkylation sites (tertiary alicyclic amines) is 1. The average Bonchev–Trinajstić information content (AvgIpc) is 3.24. The van der Waals surface area contributed by atoms with E-state index in [0.717, 1.165) is 18.8 Å². The quantitative estimate of drug-likeness (QED) is 0.889. The number of amides is 2. The van der Waals surface area contributed by atoms with E-state index in [9.17, 15) is 9.18 Å². The zero-order valence-electron chi connectivity index (χ0n) is 12.8. The maximum atomic E-state index is 12.9. The number of carbonyl (C=O) groups excluding carboxylic acids is 1. The van der Waals surface area contributed by atoms with Crippen molar-refractivity contribution in [3.63, 3.8) is 0 Å². The molecular weight excluding hydrogens is 297 g/mol. The zero-order chi connectivity index (χ0) is 16.1. The summed E-state index contributed by atoms with van der Waals surface area (Å²) in [5.74, 6) is 0.525. The Hall–Kier alpha value is -2.34. The highest BCUT2D eigenvalue weighted by atomic mass is 19.1. The molecule has 2 N–H and O–H groups in total. The van der Waals surface area contributed by atoms with Crippen LogP contribution >= 0.6 is 0 Å². The molecule has 2 amide bonds. The predicted octanol–water partition coefficient (Wildman–Crippen LogP) is 3.38. The number of nitrogens with one attached hydrogen (secondary N) is 2. The number of rotatable bonds is 5. The third-order valence-electron chi connectivity index (χ3n) is 4.01. The number of carbonyl (C=O) groups is 1. The van der Waals surface area contributed by atoms with E-state index >= 15 is 0 Å². The number of nitrogens with zero attached hydrogens (tertiary/aromatic N) is 1. The van der Waals surface area contributed by atoms with Gasteiger partial charge in [-0.05, 0) is 62.3 Å². The normalized spacial score (nSPS) is 16.2. The Balaban J connectivity index is 1.57. The highest BCUT2D eigenvalue weighted by Crippen LogP contribution is 2.24. The fourth-order valence-corrected chi connectivity index (χ4v) is 2.84. The largest absolute Gasteiger partial charge is 0.468 e. The molecule has 5 nitrogen and oxygen atoms in total. The number of anilines is 1. The molecule has 2 heterocycles. The van der Waals surface area contributed by atoms with Crippen LogP contribution < -0.4 is 10.6 Å². The Morgan fingerprint density at radius 1 is 1.22 bits per heavy atom. The third-order valence-corrected chi connectivity index (χ3v) is 4.01. The van der Waals surface area contributed by atoms with Gasteiger partial charge in [-0.1, -0.05) is 0 Å². The molecule has 1 aromatic carbocycles. The van der Waals surface area contributed by atoms with E-state index in [1.165, 1.54) is 37.1 Å². The topological polar surface area (TPSA) is 57.5 Å². The second kappa shape index (κ2) is 7.28.